The van der Waals surface area contributed by atoms with Crippen LogP contribution in [0.3, 0.4) is 0 Å². The summed E-state index contributed by atoms with van der Waals surface area (Å²) in [5.74, 6) is -1.91. The van der Waals surface area contributed by atoms with Crippen LogP contribution in [-0.4, -0.2) is 128 Å². The second kappa shape index (κ2) is 10.1. The van der Waals surface area contributed by atoms with E-state index in [-0.39, 0.29) is 18.4 Å². The molecule has 10 atom stereocenters. The maximum atomic E-state index is 12.4. The summed E-state index contributed by atoms with van der Waals surface area (Å²) in [4.78, 5) is 13.8. The molecule has 0 saturated carbocycles. The fourth-order valence-corrected chi connectivity index (χ4v) is 4.62. The molecular formula is C20H35NO11. The van der Waals surface area contributed by atoms with E-state index in [0.717, 1.165) is 6.42 Å². The minimum atomic E-state index is -2.25. The van der Waals surface area contributed by atoms with Crippen LogP contribution in [0.2, 0.25) is 0 Å². The number of aliphatic hydroxyl groups excluding tert-OH is 6. The third-order valence-electron chi connectivity index (χ3n) is 6.31. The Kier molecular flexibility index (Phi) is 8.14. The highest BCUT2D eigenvalue weighted by Gasteiger charge is 2.54. The van der Waals surface area contributed by atoms with Crippen LogP contribution < -0.4 is 0 Å². The summed E-state index contributed by atoms with van der Waals surface area (Å²) in [6.07, 6.45) is -11.5. The van der Waals surface area contributed by atoms with Gasteiger partial charge in [0, 0.05) is 13.0 Å². The Hall–Kier alpha value is -0.930. The number of amides is 1. The summed E-state index contributed by atoms with van der Waals surface area (Å²) in [5, 5.41) is 71.3. The molecule has 3 rings (SSSR count). The molecule has 0 radical (unpaired) electrons. The fraction of sp³-hybridized carbons (Fsp3) is 0.950. The van der Waals surface area contributed by atoms with E-state index in [1.807, 2.05) is 0 Å². The second-order valence-electron chi connectivity index (χ2n) is 9.44. The zero-order valence-corrected chi connectivity index (χ0v) is 18.2. The normalized spacial score (nSPS) is 45.6. The number of hydrogen-bond acceptors (Lipinski definition) is 11. The number of hydrogen-bond donors (Lipinski definition) is 7. The van der Waals surface area contributed by atoms with Gasteiger partial charge >= 0.3 is 0 Å². The van der Waals surface area contributed by atoms with Gasteiger partial charge in [0.25, 0.3) is 0 Å². The fourth-order valence-electron chi connectivity index (χ4n) is 4.62. The molecule has 3 saturated heterocycles. The number of ether oxygens (including phenoxy) is 3. The highest BCUT2D eigenvalue weighted by Crippen LogP contribution is 2.33. The molecule has 0 aromatic heterocycles. The van der Waals surface area contributed by atoms with E-state index in [9.17, 15) is 40.5 Å². The summed E-state index contributed by atoms with van der Waals surface area (Å²) in [7, 11) is 0. The lowest BCUT2D eigenvalue weighted by Gasteiger charge is -2.47. The van der Waals surface area contributed by atoms with Gasteiger partial charge in [-0.2, -0.15) is 0 Å². The van der Waals surface area contributed by atoms with Gasteiger partial charge in [-0.05, 0) is 18.3 Å². The minimum absolute atomic E-state index is 0.124. The van der Waals surface area contributed by atoms with Gasteiger partial charge in [-0.3, -0.25) is 4.79 Å². The first-order valence-corrected chi connectivity index (χ1v) is 10.9. The molecule has 3 fully saturated rings. The van der Waals surface area contributed by atoms with E-state index in [0.29, 0.717) is 18.9 Å². The van der Waals surface area contributed by atoms with Crippen molar-refractivity contribution in [2.75, 3.05) is 26.3 Å². The number of β-amino-alcohol motifs (C(OH)–C–C–N with tert-alkyl or cyclic N) is 1. The van der Waals surface area contributed by atoms with Crippen molar-refractivity contribution in [1.29, 1.82) is 0 Å². The second-order valence-corrected chi connectivity index (χ2v) is 9.44. The smallest absolute Gasteiger partial charge is 0.223 e. The van der Waals surface area contributed by atoms with Crippen molar-refractivity contribution in [3.05, 3.63) is 0 Å². The molecule has 0 aromatic rings. The Morgan fingerprint density at radius 2 is 1.84 bits per heavy atom. The monoisotopic (exact) mass is 465 g/mol. The Balaban J connectivity index is 1.69. The standard InChI is InChI=1S/C20H35NO11/c1-9(2)3-10-4-13(24)21(5-10)8-20(29)18(28)17(11(23)7-30-20)32-19-16(27)15(26)14(25)12(6-22)31-19/h9-12,14-19,22-23,25-29H,3-8H2,1-2H3/t10-,11-,12-,14+,15+,16-,17-,18+,19+,20?/m1/s1. The quantitative estimate of drug-likeness (QED) is 0.198. The van der Waals surface area contributed by atoms with Crippen molar-refractivity contribution in [1.82, 2.24) is 4.90 Å². The van der Waals surface area contributed by atoms with Crippen LogP contribution in [0.1, 0.15) is 26.7 Å². The molecular weight excluding hydrogens is 430 g/mol. The first-order chi connectivity index (χ1) is 15.0. The Bertz CT molecular complexity index is 649. The third-order valence-corrected chi connectivity index (χ3v) is 6.31. The molecule has 3 heterocycles. The van der Waals surface area contributed by atoms with Gasteiger partial charge < -0.3 is 54.9 Å². The third kappa shape index (κ3) is 5.25. The van der Waals surface area contributed by atoms with Crippen LogP contribution in [0.25, 0.3) is 0 Å². The van der Waals surface area contributed by atoms with E-state index in [1.165, 1.54) is 4.90 Å². The summed E-state index contributed by atoms with van der Waals surface area (Å²) in [6.45, 7) is 3.04. The molecule has 12 heteroatoms. The molecule has 0 spiro atoms. The van der Waals surface area contributed by atoms with Gasteiger partial charge in [0.1, 0.15) is 42.7 Å². The van der Waals surface area contributed by atoms with Crippen LogP contribution in [0.4, 0.5) is 0 Å². The number of carbonyl (C=O) groups is 1. The van der Waals surface area contributed by atoms with E-state index >= 15 is 0 Å². The summed E-state index contributed by atoms with van der Waals surface area (Å²) in [5.41, 5.74) is 0. The van der Waals surface area contributed by atoms with Crippen molar-refractivity contribution >= 4 is 5.91 Å². The SMILES string of the molecule is CC(C)C[C@@H]1CC(=O)N(CC2(O)OC[C@@H](O)[C@@H](O[C@@H]3O[C@H](CO)[C@H](O)[C@H](O)[C@H]3O)[C@@H]2O)C1. The van der Waals surface area contributed by atoms with Crippen LogP contribution in [0.15, 0.2) is 0 Å². The molecule has 186 valence electrons. The first-order valence-electron chi connectivity index (χ1n) is 10.9. The van der Waals surface area contributed by atoms with E-state index < -0.39 is 68.0 Å². The maximum Gasteiger partial charge on any atom is 0.223 e. The van der Waals surface area contributed by atoms with Crippen LogP contribution in [0.5, 0.6) is 0 Å². The van der Waals surface area contributed by atoms with E-state index in [4.69, 9.17) is 14.2 Å². The molecule has 3 aliphatic heterocycles. The van der Waals surface area contributed by atoms with Crippen molar-refractivity contribution in [3.8, 4) is 0 Å². The molecule has 0 bridgehead atoms. The number of nitrogens with zero attached hydrogens (tertiary/aromatic N) is 1. The predicted molar refractivity (Wildman–Crippen MR) is 106 cm³/mol. The zero-order chi connectivity index (χ0) is 23.8. The van der Waals surface area contributed by atoms with Crippen LogP contribution >= 0.6 is 0 Å². The van der Waals surface area contributed by atoms with Crippen molar-refractivity contribution in [2.45, 2.75) is 81.5 Å². The average molecular weight is 465 g/mol. The average Bonchev–Trinajstić information content (AvgIpc) is 3.06. The summed E-state index contributed by atoms with van der Waals surface area (Å²) in [6, 6.07) is 0. The molecule has 1 amide bonds. The van der Waals surface area contributed by atoms with Gasteiger partial charge in [0.15, 0.2) is 6.29 Å². The topological polar surface area (TPSA) is 190 Å². The highest BCUT2D eigenvalue weighted by molar-refractivity contribution is 5.78. The number of likely N-dealkylation sites (tertiary alicyclic amines) is 1. The lowest BCUT2D eigenvalue weighted by atomic mass is 9.95. The van der Waals surface area contributed by atoms with Gasteiger partial charge in [0.05, 0.1) is 19.8 Å². The van der Waals surface area contributed by atoms with E-state index in [1.54, 1.807) is 0 Å². The van der Waals surface area contributed by atoms with E-state index in [2.05, 4.69) is 13.8 Å². The molecule has 0 aromatic carbocycles. The Morgan fingerprint density at radius 3 is 2.47 bits per heavy atom. The number of carbonyl (C=O) groups excluding carboxylic acids is 1. The number of rotatable bonds is 7. The van der Waals surface area contributed by atoms with Crippen molar-refractivity contribution in [3.63, 3.8) is 0 Å². The molecule has 12 nitrogen and oxygen atoms in total. The largest absolute Gasteiger partial charge is 0.394 e. The summed E-state index contributed by atoms with van der Waals surface area (Å²) < 4.78 is 16.0. The molecule has 1 unspecified atom stereocenters. The Labute approximate surface area is 185 Å². The van der Waals surface area contributed by atoms with Gasteiger partial charge in [0.2, 0.25) is 11.7 Å². The summed E-state index contributed by atoms with van der Waals surface area (Å²) >= 11 is 0. The molecule has 7 N–H and O–H groups in total. The van der Waals surface area contributed by atoms with Gasteiger partial charge in [-0.15, -0.1) is 0 Å². The van der Waals surface area contributed by atoms with Crippen molar-refractivity contribution < 1.29 is 54.8 Å². The minimum Gasteiger partial charge on any atom is -0.394 e. The van der Waals surface area contributed by atoms with Gasteiger partial charge in [-0.25, -0.2) is 0 Å². The van der Waals surface area contributed by atoms with Gasteiger partial charge in [-0.1, -0.05) is 13.8 Å². The predicted octanol–water partition coefficient (Wildman–Crippen LogP) is -3.49. The zero-order valence-electron chi connectivity index (χ0n) is 18.2. The van der Waals surface area contributed by atoms with Crippen molar-refractivity contribution in [2.24, 2.45) is 11.8 Å². The maximum absolute atomic E-state index is 12.4. The highest BCUT2D eigenvalue weighted by atomic mass is 16.7. The van der Waals surface area contributed by atoms with Crippen LogP contribution in [-0.2, 0) is 19.0 Å². The van der Waals surface area contributed by atoms with Crippen LogP contribution in [0, 0.1) is 11.8 Å². The first kappa shape index (κ1) is 25.7. The molecule has 3 aliphatic rings. The lowest BCUT2D eigenvalue weighted by molar-refractivity contribution is -0.369. The molecule has 0 aliphatic carbocycles. The Morgan fingerprint density at radius 1 is 1.16 bits per heavy atom. The molecule has 32 heavy (non-hydrogen) atoms. The number of aliphatic hydroxyl groups is 7. The lowest BCUT2D eigenvalue weighted by Crippen LogP contribution is -2.67.